The Kier molecular flexibility index (Phi) is 9.19. The van der Waals surface area contributed by atoms with Crippen LogP contribution < -0.4 is 14.8 Å². The molecule has 4 unspecified atom stereocenters. The van der Waals surface area contributed by atoms with Crippen molar-refractivity contribution in [3.63, 3.8) is 0 Å². The van der Waals surface area contributed by atoms with Gasteiger partial charge in [-0.25, -0.2) is 0 Å². The summed E-state index contributed by atoms with van der Waals surface area (Å²) in [7, 11) is 4.62. The van der Waals surface area contributed by atoms with Crippen molar-refractivity contribution in [2.45, 2.75) is 18.0 Å². The fraction of sp³-hybridized carbons (Fsp3) is 0.364. The van der Waals surface area contributed by atoms with E-state index >= 15 is 0 Å². The number of rotatable bonds is 9. The van der Waals surface area contributed by atoms with Crippen LogP contribution in [-0.2, 0) is 14.3 Å². The van der Waals surface area contributed by atoms with Crippen molar-refractivity contribution >= 4 is 17.6 Å². The molecule has 9 nitrogen and oxygen atoms in total. The Labute approximate surface area is 246 Å². The van der Waals surface area contributed by atoms with Crippen molar-refractivity contribution < 1.29 is 28.6 Å². The molecule has 1 N–H and O–H groups in total. The number of nitrogens with zero attached hydrogens (tertiary/aromatic N) is 2. The first-order valence-corrected chi connectivity index (χ1v) is 14.1. The molecule has 2 amide bonds. The van der Waals surface area contributed by atoms with Crippen molar-refractivity contribution in [1.82, 2.24) is 15.1 Å². The molecular formula is C33H37N3O6. The van der Waals surface area contributed by atoms with Crippen molar-refractivity contribution in [2.75, 3.05) is 54.1 Å². The van der Waals surface area contributed by atoms with Gasteiger partial charge in [0.05, 0.1) is 26.2 Å². The standard InChI is InChI=1S/C33H37N3O6/c1-40-21-27(37)36-30(23-9-13-25(41-2)14-10-23)29(32(38)24-11-15-26(42-3)16-12-24)28(22-7-5-4-6-8-22)31(36)33(39)35-19-17-34-18-20-35/h4-16,28-31,34H,17-21H2,1-3H3. The van der Waals surface area contributed by atoms with E-state index < -0.39 is 23.9 Å². The second-order valence-corrected chi connectivity index (χ2v) is 10.5. The maximum atomic E-state index is 14.6. The molecule has 0 spiro atoms. The van der Waals surface area contributed by atoms with Gasteiger partial charge in [0.15, 0.2) is 5.78 Å². The van der Waals surface area contributed by atoms with Crippen LogP contribution in [0.5, 0.6) is 11.5 Å². The predicted molar refractivity (Wildman–Crippen MR) is 158 cm³/mol. The van der Waals surface area contributed by atoms with Crippen LogP contribution in [0.2, 0.25) is 0 Å². The van der Waals surface area contributed by atoms with Gasteiger partial charge in [-0.15, -0.1) is 0 Å². The number of amides is 2. The minimum absolute atomic E-state index is 0.154. The molecule has 0 aromatic heterocycles. The van der Waals surface area contributed by atoms with E-state index in [0.717, 1.165) is 11.1 Å². The van der Waals surface area contributed by atoms with E-state index in [9.17, 15) is 14.4 Å². The SMILES string of the molecule is COCC(=O)N1C(C(=O)N2CCNCC2)C(c2ccccc2)C(C(=O)c2ccc(OC)cc2)C1c1ccc(OC)cc1. The molecule has 3 aromatic rings. The van der Waals surface area contributed by atoms with Crippen LogP contribution in [0.15, 0.2) is 78.9 Å². The second-order valence-electron chi connectivity index (χ2n) is 10.5. The highest BCUT2D eigenvalue weighted by Crippen LogP contribution is 2.52. The number of benzene rings is 3. The smallest absolute Gasteiger partial charge is 0.249 e. The third kappa shape index (κ3) is 5.75. The summed E-state index contributed by atoms with van der Waals surface area (Å²) in [5.41, 5.74) is 2.04. The van der Waals surface area contributed by atoms with Crippen LogP contribution in [0.4, 0.5) is 0 Å². The van der Waals surface area contributed by atoms with Crippen LogP contribution >= 0.6 is 0 Å². The number of methoxy groups -OCH3 is 3. The van der Waals surface area contributed by atoms with E-state index in [1.165, 1.54) is 7.11 Å². The Bertz CT molecular complexity index is 1370. The van der Waals surface area contributed by atoms with E-state index in [1.54, 1.807) is 48.3 Å². The topological polar surface area (TPSA) is 97.4 Å². The van der Waals surface area contributed by atoms with E-state index in [1.807, 2.05) is 54.6 Å². The predicted octanol–water partition coefficient (Wildman–Crippen LogP) is 3.32. The molecule has 2 saturated heterocycles. The molecule has 4 atom stereocenters. The molecular weight excluding hydrogens is 534 g/mol. The van der Waals surface area contributed by atoms with Crippen LogP contribution in [0, 0.1) is 5.92 Å². The summed E-state index contributed by atoms with van der Waals surface area (Å²) in [5, 5.41) is 3.29. The largest absolute Gasteiger partial charge is 0.497 e. The van der Waals surface area contributed by atoms with E-state index in [2.05, 4.69) is 5.32 Å². The lowest BCUT2D eigenvalue weighted by molar-refractivity contribution is -0.148. The first-order valence-electron chi connectivity index (χ1n) is 14.1. The molecule has 5 rings (SSSR count). The van der Waals surface area contributed by atoms with Crippen molar-refractivity contribution in [2.24, 2.45) is 5.92 Å². The number of carbonyl (C=O) groups is 3. The zero-order valence-corrected chi connectivity index (χ0v) is 24.2. The molecule has 0 aliphatic carbocycles. The van der Waals surface area contributed by atoms with E-state index in [4.69, 9.17) is 14.2 Å². The van der Waals surface area contributed by atoms with Gasteiger partial charge in [0.25, 0.3) is 0 Å². The number of hydrogen-bond donors (Lipinski definition) is 1. The number of likely N-dealkylation sites (tertiary alicyclic amines) is 1. The maximum absolute atomic E-state index is 14.6. The summed E-state index contributed by atoms with van der Waals surface area (Å²) in [6.45, 7) is 2.15. The lowest BCUT2D eigenvalue weighted by Crippen LogP contribution is -2.55. The second kappa shape index (κ2) is 13.2. The molecule has 3 aromatic carbocycles. The van der Waals surface area contributed by atoms with Crippen molar-refractivity contribution in [3.8, 4) is 11.5 Å². The third-order valence-electron chi connectivity index (χ3n) is 8.22. The monoisotopic (exact) mass is 571 g/mol. The van der Waals surface area contributed by atoms with Crippen LogP contribution in [0.25, 0.3) is 0 Å². The highest BCUT2D eigenvalue weighted by atomic mass is 16.5. The van der Waals surface area contributed by atoms with Gasteiger partial charge >= 0.3 is 0 Å². The zero-order valence-electron chi connectivity index (χ0n) is 24.2. The van der Waals surface area contributed by atoms with Crippen molar-refractivity contribution in [3.05, 3.63) is 95.6 Å². The van der Waals surface area contributed by atoms with Gasteiger partial charge in [0.2, 0.25) is 11.8 Å². The number of nitrogens with one attached hydrogen (secondary N) is 1. The number of Topliss-reactive ketones (excluding diaryl/α,β-unsaturated/α-hetero) is 1. The quantitative estimate of drug-likeness (QED) is 0.394. The highest BCUT2D eigenvalue weighted by molar-refractivity contribution is 6.02. The summed E-state index contributed by atoms with van der Waals surface area (Å²) in [5.74, 6) is -0.747. The minimum atomic E-state index is -0.910. The first kappa shape index (κ1) is 29.3. The summed E-state index contributed by atoms with van der Waals surface area (Å²) in [4.78, 5) is 46.5. The van der Waals surface area contributed by atoms with Crippen LogP contribution in [0.1, 0.15) is 33.4 Å². The molecule has 9 heteroatoms. The minimum Gasteiger partial charge on any atom is -0.497 e. The Morgan fingerprint density at radius 2 is 1.38 bits per heavy atom. The van der Waals surface area contributed by atoms with Gasteiger partial charge in [-0.3, -0.25) is 14.4 Å². The zero-order chi connectivity index (χ0) is 29.6. The highest BCUT2D eigenvalue weighted by Gasteiger charge is 2.58. The average Bonchev–Trinajstić information content (AvgIpc) is 3.41. The van der Waals surface area contributed by atoms with Crippen LogP contribution in [-0.4, -0.2) is 87.6 Å². The van der Waals surface area contributed by atoms with Gasteiger partial charge in [-0.05, 0) is 47.5 Å². The van der Waals surface area contributed by atoms with Crippen molar-refractivity contribution in [1.29, 1.82) is 0 Å². The molecule has 220 valence electrons. The lowest BCUT2D eigenvalue weighted by atomic mass is 9.76. The average molecular weight is 572 g/mol. The number of hydrogen-bond acceptors (Lipinski definition) is 7. The number of ketones is 1. The molecule has 2 aliphatic heterocycles. The Hall–Kier alpha value is -4.21. The molecule has 0 radical (unpaired) electrons. The molecule has 0 saturated carbocycles. The Balaban J connectivity index is 1.73. The number of carbonyl (C=O) groups excluding carboxylic acids is 3. The van der Waals surface area contributed by atoms with Gasteiger partial charge in [-0.2, -0.15) is 0 Å². The normalized spacial score (nSPS) is 22.1. The molecule has 0 bridgehead atoms. The molecule has 2 heterocycles. The van der Waals surface area contributed by atoms with Gasteiger partial charge in [0, 0.05) is 44.8 Å². The Morgan fingerprint density at radius 1 is 0.786 bits per heavy atom. The maximum Gasteiger partial charge on any atom is 0.249 e. The summed E-state index contributed by atoms with van der Waals surface area (Å²) in [6, 6.07) is 22.3. The first-order chi connectivity index (χ1) is 20.5. The van der Waals surface area contributed by atoms with Gasteiger partial charge in [-0.1, -0.05) is 42.5 Å². The number of ether oxygens (including phenoxy) is 3. The Morgan fingerprint density at radius 3 is 1.95 bits per heavy atom. The lowest BCUT2D eigenvalue weighted by Gasteiger charge is -2.36. The molecule has 2 aliphatic rings. The fourth-order valence-electron chi connectivity index (χ4n) is 6.25. The molecule has 2 fully saturated rings. The summed E-state index contributed by atoms with van der Waals surface area (Å²) < 4.78 is 16.0. The summed E-state index contributed by atoms with van der Waals surface area (Å²) in [6.07, 6.45) is 0. The van der Waals surface area contributed by atoms with E-state index in [0.29, 0.717) is 43.2 Å². The van der Waals surface area contributed by atoms with E-state index in [-0.39, 0.29) is 24.2 Å². The van der Waals surface area contributed by atoms with Gasteiger partial charge < -0.3 is 29.3 Å². The van der Waals surface area contributed by atoms with Crippen LogP contribution in [0.3, 0.4) is 0 Å². The third-order valence-corrected chi connectivity index (χ3v) is 8.22. The van der Waals surface area contributed by atoms with Gasteiger partial charge in [0.1, 0.15) is 24.1 Å². The fourth-order valence-corrected chi connectivity index (χ4v) is 6.25. The summed E-state index contributed by atoms with van der Waals surface area (Å²) >= 11 is 0. The molecule has 42 heavy (non-hydrogen) atoms. The number of piperazine rings is 1.